The van der Waals surface area contributed by atoms with Crippen molar-refractivity contribution in [3.63, 3.8) is 0 Å². The summed E-state index contributed by atoms with van der Waals surface area (Å²) in [5, 5.41) is 12.8. The van der Waals surface area contributed by atoms with Crippen molar-refractivity contribution in [2.45, 2.75) is 0 Å². The number of carbonyl (C=O) groups excluding carboxylic acids is 3. The van der Waals surface area contributed by atoms with E-state index in [0.717, 1.165) is 0 Å². The van der Waals surface area contributed by atoms with Crippen LogP contribution in [0.2, 0.25) is 5.02 Å². The van der Waals surface area contributed by atoms with Gasteiger partial charge in [0.05, 0.1) is 27.4 Å². The van der Waals surface area contributed by atoms with Crippen molar-refractivity contribution in [2.75, 3.05) is 5.32 Å². The van der Waals surface area contributed by atoms with Crippen molar-refractivity contribution < 1.29 is 19.5 Å². The predicted octanol–water partition coefficient (Wildman–Crippen LogP) is 4.07. The van der Waals surface area contributed by atoms with Crippen molar-refractivity contribution in [3.05, 3.63) is 93.5 Å². The molecule has 0 radical (unpaired) electrons. The number of ketones is 2. The predicted molar refractivity (Wildman–Crippen MR) is 101 cm³/mol. The highest BCUT2D eigenvalue weighted by molar-refractivity contribution is 6.40. The van der Waals surface area contributed by atoms with Crippen LogP contribution in [0.4, 0.5) is 5.69 Å². The lowest BCUT2D eigenvalue weighted by Crippen LogP contribution is -2.24. The van der Waals surface area contributed by atoms with Crippen molar-refractivity contribution in [2.24, 2.45) is 0 Å². The number of aromatic hydroxyl groups is 1. The number of carbonyl (C=O) groups is 3. The Morgan fingerprint density at radius 2 is 1.56 bits per heavy atom. The minimum absolute atomic E-state index is 0.0597. The third-order valence-corrected chi connectivity index (χ3v) is 4.72. The number of benzene rings is 3. The van der Waals surface area contributed by atoms with Crippen molar-refractivity contribution in [1.82, 2.24) is 0 Å². The first-order chi connectivity index (χ1) is 13.0. The summed E-state index contributed by atoms with van der Waals surface area (Å²) >= 11 is 6.12. The fourth-order valence-corrected chi connectivity index (χ4v) is 3.40. The summed E-state index contributed by atoms with van der Waals surface area (Å²) in [5.74, 6) is -1.76. The van der Waals surface area contributed by atoms with Crippen LogP contribution in [0.1, 0.15) is 42.2 Å². The molecule has 1 aliphatic rings. The lowest BCUT2D eigenvalue weighted by molar-refractivity contribution is 0.0976. The fraction of sp³-hybridized carbons (Fsp3) is 0. The molecule has 27 heavy (non-hydrogen) atoms. The maximum absolute atomic E-state index is 13.1. The molecular weight excluding hydrogens is 366 g/mol. The first kappa shape index (κ1) is 17.0. The lowest BCUT2D eigenvalue weighted by atomic mass is 9.82. The molecule has 132 valence electrons. The van der Waals surface area contributed by atoms with Crippen molar-refractivity contribution in [3.8, 4) is 5.75 Å². The zero-order chi connectivity index (χ0) is 19.1. The number of hydrogen-bond acceptors (Lipinski definition) is 4. The first-order valence-electron chi connectivity index (χ1n) is 8.09. The monoisotopic (exact) mass is 377 g/mol. The molecule has 0 atom stereocenters. The molecule has 5 nitrogen and oxygen atoms in total. The van der Waals surface area contributed by atoms with E-state index in [1.54, 1.807) is 42.5 Å². The smallest absolute Gasteiger partial charge is 0.255 e. The number of amides is 1. The second-order valence-electron chi connectivity index (χ2n) is 6.02. The van der Waals surface area contributed by atoms with Crippen LogP contribution in [0.3, 0.4) is 0 Å². The molecule has 3 aromatic carbocycles. The van der Waals surface area contributed by atoms with E-state index >= 15 is 0 Å². The highest BCUT2D eigenvalue weighted by Gasteiger charge is 2.35. The average molecular weight is 378 g/mol. The van der Waals surface area contributed by atoms with Gasteiger partial charge in [-0.25, -0.2) is 0 Å². The van der Waals surface area contributed by atoms with Crippen LogP contribution >= 0.6 is 11.6 Å². The molecule has 1 aliphatic carbocycles. The molecule has 0 aliphatic heterocycles. The lowest BCUT2D eigenvalue weighted by Gasteiger charge is -2.21. The van der Waals surface area contributed by atoms with E-state index in [9.17, 15) is 19.5 Å². The summed E-state index contributed by atoms with van der Waals surface area (Å²) in [4.78, 5) is 38.4. The molecule has 4 rings (SSSR count). The molecule has 0 aromatic heterocycles. The summed E-state index contributed by atoms with van der Waals surface area (Å²) in [6.45, 7) is 0. The first-order valence-corrected chi connectivity index (χ1v) is 8.47. The quantitative estimate of drug-likeness (QED) is 0.551. The number of fused-ring (bicyclic) bond motifs is 2. The van der Waals surface area contributed by atoms with Gasteiger partial charge in [0.25, 0.3) is 5.91 Å². The van der Waals surface area contributed by atoms with Gasteiger partial charge in [0.2, 0.25) is 0 Å². The van der Waals surface area contributed by atoms with Gasteiger partial charge in [-0.15, -0.1) is 0 Å². The Labute approximate surface area is 159 Å². The van der Waals surface area contributed by atoms with Crippen LogP contribution in [0.25, 0.3) is 0 Å². The number of phenols is 1. The van der Waals surface area contributed by atoms with Crippen LogP contribution in [-0.4, -0.2) is 22.6 Å². The van der Waals surface area contributed by atoms with Gasteiger partial charge in [-0.05, 0) is 30.3 Å². The molecule has 6 heteroatoms. The third-order valence-electron chi connectivity index (χ3n) is 4.41. The number of nitrogens with one attached hydrogen (secondary N) is 1. The van der Waals surface area contributed by atoms with Crippen molar-refractivity contribution in [1.29, 1.82) is 0 Å². The number of hydrogen-bond donors (Lipinski definition) is 2. The van der Waals surface area contributed by atoms with E-state index in [-0.39, 0.29) is 38.7 Å². The van der Waals surface area contributed by atoms with Crippen LogP contribution < -0.4 is 5.32 Å². The topological polar surface area (TPSA) is 83.5 Å². The normalized spacial score (nSPS) is 12.3. The van der Waals surface area contributed by atoms with E-state index in [0.29, 0.717) is 5.56 Å². The summed E-state index contributed by atoms with van der Waals surface area (Å²) in [6.07, 6.45) is 0. The van der Waals surface area contributed by atoms with E-state index in [2.05, 4.69) is 5.32 Å². The van der Waals surface area contributed by atoms with Gasteiger partial charge in [-0.3, -0.25) is 14.4 Å². The van der Waals surface area contributed by atoms with E-state index in [1.165, 1.54) is 18.2 Å². The molecule has 0 heterocycles. The number of phenolic OH excluding ortho intramolecular Hbond substituents is 1. The van der Waals surface area contributed by atoms with Gasteiger partial charge in [0, 0.05) is 11.1 Å². The van der Waals surface area contributed by atoms with Gasteiger partial charge in [-0.1, -0.05) is 41.9 Å². The molecule has 0 bridgehead atoms. The Kier molecular flexibility index (Phi) is 4.01. The molecular formula is C21H12ClNO4. The molecule has 0 spiro atoms. The Morgan fingerprint density at radius 1 is 0.815 bits per heavy atom. The minimum atomic E-state index is -0.524. The van der Waals surface area contributed by atoms with Crippen LogP contribution in [-0.2, 0) is 0 Å². The standard InChI is InChI=1S/C21H12ClNO4/c22-13-9-10-15(24)18-17(13)20(26)16-12(19(18)25)7-4-8-14(16)23-21(27)11-5-2-1-3-6-11/h1-10,24H,(H,23,27). The summed E-state index contributed by atoms with van der Waals surface area (Å²) in [7, 11) is 0. The van der Waals surface area contributed by atoms with Gasteiger partial charge >= 0.3 is 0 Å². The molecule has 2 N–H and O–H groups in total. The van der Waals surface area contributed by atoms with Gasteiger partial charge in [0.15, 0.2) is 11.6 Å². The second kappa shape index (κ2) is 6.37. The van der Waals surface area contributed by atoms with Crippen molar-refractivity contribution >= 4 is 34.8 Å². The molecule has 3 aromatic rings. The summed E-state index contributed by atoms with van der Waals surface area (Å²) in [6, 6.07) is 15.8. The molecule has 1 amide bonds. The summed E-state index contributed by atoms with van der Waals surface area (Å²) < 4.78 is 0. The molecule has 0 saturated heterocycles. The van der Waals surface area contributed by atoms with E-state index in [1.807, 2.05) is 0 Å². The third kappa shape index (κ3) is 2.69. The average Bonchev–Trinajstić information content (AvgIpc) is 2.68. The Bertz CT molecular complexity index is 1120. The largest absolute Gasteiger partial charge is 0.507 e. The maximum atomic E-state index is 13.1. The van der Waals surface area contributed by atoms with Crippen LogP contribution in [0, 0.1) is 0 Å². The van der Waals surface area contributed by atoms with Gasteiger partial charge < -0.3 is 10.4 Å². The SMILES string of the molecule is O=C(Nc1cccc2c1C(=O)c1c(Cl)ccc(O)c1C2=O)c1ccccc1. The number of halogens is 1. The zero-order valence-corrected chi connectivity index (χ0v) is 14.6. The second-order valence-corrected chi connectivity index (χ2v) is 6.43. The van der Waals surface area contributed by atoms with Crippen LogP contribution in [0.5, 0.6) is 5.75 Å². The fourth-order valence-electron chi connectivity index (χ4n) is 3.15. The highest BCUT2D eigenvalue weighted by Crippen LogP contribution is 2.39. The molecule has 0 fully saturated rings. The highest BCUT2D eigenvalue weighted by atomic mass is 35.5. The molecule has 0 saturated carbocycles. The Balaban J connectivity index is 1.84. The number of anilines is 1. The summed E-state index contributed by atoms with van der Waals surface area (Å²) in [5.41, 5.74) is 0.621. The molecule has 0 unspecified atom stereocenters. The van der Waals surface area contributed by atoms with Crippen LogP contribution in [0.15, 0.2) is 60.7 Å². The van der Waals surface area contributed by atoms with E-state index < -0.39 is 17.5 Å². The Hall–Kier alpha value is -3.44. The maximum Gasteiger partial charge on any atom is 0.255 e. The number of rotatable bonds is 2. The van der Waals surface area contributed by atoms with E-state index in [4.69, 9.17) is 11.6 Å². The minimum Gasteiger partial charge on any atom is -0.507 e. The zero-order valence-electron chi connectivity index (χ0n) is 13.8. The van der Waals surface area contributed by atoms with Gasteiger partial charge in [-0.2, -0.15) is 0 Å². The van der Waals surface area contributed by atoms with Gasteiger partial charge in [0.1, 0.15) is 5.75 Å². The Morgan fingerprint density at radius 3 is 2.30 bits per heavy atom.